The zero-order valence-electron chi connectivity index (χ0n) is 16.3. The lowest BCUT2D eigenvalue weighted by atomic mass is 10.1. The number of fused-ring (bicyclic) bond motifs is 2. The molecule has 5 rings (SSSR count). The maximum absolute atomic E-state index is 13.4. The van der Waals surface area contributed by atoms with Crippen molar-refractivity contribution in [1.82, 2.24) is 15.1 Å². The predicted molar refractivity (Wildman–Crippen MR) is 113 cm³/mol. The lowest BCUT2D eigenvalue weighted by Crippen LogP contribution is -2.14. The van der Waals surface area contributed by atoms with Crippen molar-refractivity contribution in [3.8, 4) is 11.5 Å². The SMILES string of the molecule is Cc1ccc2cccc(S(=O)(=O)Nc3sc4c(c3-c3nc(C)no3)CCOC4)c2n1. The highest BCUT2D eigenvalue weighted by Gasteiger charge is 2.29. The van der Waals surface area contributed by atoms with Crippen molar-refractivity contribution in [3.63, 3.8) is 0 Å². The molecule has 4 heterocycles. The molecule has 0 radical (unpaired) electrons. The fourth-order valence-corrected chi connectivity index (χ4v) is 6.20. The second-order valence-electron chi connectivity index (χ2n) is 7.04. The molecule has 0 atom stereocenters. The number of anilines is 1. The molecule has 0 spiro atoms. The minimum atomic E-state index is -3.91. The van der Waals surface area contributed by atoms with Crippen LogP contribution in [0.25, 0.3) is 22.4 Å². The summed E-state index contributed by atoms with van der Waals surface area (Å²) in [4.78, 5) is 9.86. The molecule has 30 heavy (non-hydrogen) atoms. The molecule has 1 N–H and O–H groups in total. The van der Waals surface area contributed by atoms with E-state index in [1.807, 2.05) is 25.1 Å². The van der Waals surface area contributed by atoms with Crippen molar-refractivity contribution < 1.29 is 17.7 Å². The normalized spacial score (nSPS) is 14.1. The average Bonchev–Trinajstić information content (AvgIpc) is 3.29. The van der Waals surface area contributed by atoms with E-state index in [1.54, 1.807) is 19.1 Å². The van der Waals surface area contributed by atoms with Gasteiger partial charge in [-0.05, 0) is 38.0 Å². The van der Waals surface area contributed by atoms with Gasteiger partial charge in [0.1, 0.15) is 9.90 Å². The van der Waals surface area contributed by atoms with Crippen LogP contribution in [-0.2, 0) is 27.8 Å². The Bertz CT molecular complexity index is 1370. The third kappa shape index (κ3) is 3.26. The van der Waals surface area contributed by atoms with Gasteiger partial charge >= 0.3 is 0 Å². The van der Waals surface area contributed by atoms with Gasteiger partial charge in [0.05, 0.1) is 24.3 Å². The molecule has 0 amide bonds. The molecule has 0 aliphatic carbocycles. The number of rotatable bonds is 4. The summed E-state index contributed by atoms with van der Waals surface area (Å²) in [5.41, 5.74) is 2.80. The first-order chi connectivity index (χ1) is 14.4. The molecule has 154 valence electrons. The van der Waals surface area contributed by atoms with E-state index < -0.39 is 10.0 Å². The first-order valence-corrected chi connectivity index (χ1v) is 11.6. The summed E-state index contributed by atoms with van der Waals surface area (Å²) in [6.45, 7) is 4.54. The van der Waals surface area contributed by atoms with Crippen molar-refractivity contribution >= 4 is 37.3 Å². The number of aromatic nitrogens is 3. The van der Waals surface area contributed by atoms with E-state index in [2.05, 4.69) is 19.8 Å². The molecular weight excluding hydrogens is 424 g/mol. The number of nitrogens with one attached hydrogen (secondary N) is 1. The van der Waals surface area contributed by atoms with Crippen LogP contribution in [0.3, 0.4) is 0 Å². The summed E-state index contributed by atoms with van der Waals surface area (Å²) < 4.78 is 40.4. The smallest absolute Gasteiger partial charge is 0.264 e. The van der Waals surface area contributed by atoms with Crippen LogP contribution in [0.5, 0.6) is 0 Å². The Morgan fingerprint density at radius 2 is 2.00 bits per heavy atom. The van der Waals surface area contributed by atoms with Crippen LogP contribution in [0, 0.1) is 13.8 Å². The Hall–Kier alpha value is -2.82. The molecule has 0 fully saturated rings. The number of sulfonamides is 1. The van der Waals surface area contributed by atoms with Crippen molar-refractivity contribution in [1.29, 1.82) is 0 Å². The van der Waals surface area contributed by atoms with Crippen LogP contribution in [0.4, 0.5) is 5.00 Å². The van der Waals surface area contributed by atoms with Gasteiger partial charge in [0.15, 0.2) is 5.82 Å². The molecule has 1 aliphatic heterocycles. The number of ether oxygens (including phenoxy) is 1. The Labute approximate surface area is 177 Å². The predicted octanol–water partition coefficient (Wildman–Crippen LogP) is 3.84. The molecule has 0 saturated carbocycles. The van der Waals surface area contributed by atoms with Crippen LogP contribution >= 0.6 is 11.3 Å². The monoisotopic (exact) mass is 442 g/mol. The molecule has 8 nitrogen and oxygen atoms in total. The van der Waals surface area contributed by atoms with Crippen molar-refractivity contribution in [2.75, 3.05) is 11.3 Å². The van der Waals surface area contributed by atoms with Gasteiger partial charge < -0.3 is 9.26 Å². The van der Waals surface area contributed by atoms with Gasteiger partial charge in [0.25, 0.3) is 15.9 Å². The van der Waals surface area contributed by atoms with Crippen molar-refractivity contribution in [3.05, 3.63) is 52.3 Å². The number of nitrogens with zero attached hydrogens (tertiary/aromatic N) is 3. The second kappa shape index (κ2) is 7.15. The van der Waals surface area contributed by atoms with E-state index in [4.69, 9.17) is 9.26 Å². The zero-order valence-corrected chi connectivity index (χ0v) is 17.9. The first-order valence-electron chi connectivity index (χ1n) is 9.34. The molecule has 3 aromatic heterocycles. The Kier molecular flexibility index (Phi) is 4.57. The number of benzene rings is 1. The number of para-hydroxylation sites is 1. The third-order valence-corrected chi connectivity index (χ3v) is 7.53. The minimum Gasteiger partial charge on any atom is -0.376 e. The Balaban J connectivity index is 1.64. The number of hydrogen-bond donors (Lipinski definition) is 1. The van der Waals surface area contributed by atoms with Gasteiger partial charge in [0, 0.05) is 16.0 Å². The second-order valence-corrected chi connectivity index (χ2v) is 9.80. The van der Waals surface area contributed by atoms with E-state index in [1.165, 1.54) is 11.3 Å². The van der Waals surface area contributed by atoms with Gasteiger partial charge in [-0.25, -0.2) is 8.42 Å². The molecule has 1 aliphatic rings. The summed E-state index contributed by atoms with van der Waals surface area (Å²) in [6, 6.07) is 8.84. The highest BCUT2D eigenvalue weighted by molar-refractivity contribution is 7.93. The van der Waals surface area contributed by atoms with E-state index in [-0.39, 0.29) is 4.90 Å². The largest absolute Gasteiger partial charge is 0.376 e. The van der Waals surface area contributed by atoms with Gasteiger partial charge in [-0.2, -0.15) is 4.98 Å². The van der Waals surface area contributed by atoms with Gasteiger partial charge in [-0.3, -0.25) is 9.71 Å². The summed E-state index contributed by atoms with van der Waals surface area (Å²) >= 11 is 1.33. The quantitative estimate of drug-likeness (QED) is 0.512. The summed E-state index contributed by atoms with van der Waals surface area (Å²) in [5.74, 6) is 0.788. The van der Waals surface area contributed by atoms with Crippen LogP contribution < -0.4 is 4.72 Å². The van der Waals surface area contributed by atoms with Gasteiger partial charge in [0.2, 0.25) is 0 Å². The highest BCUT2D eigenvalue weighted by Crippen LogP contribution is 2.43. The minimum absolute atomic E-state index is 0.124. The maximum Gasteiger partial charge on any atom is 0.264 e. The van der Waals surface area contributed by atoms with E-state index in [9.17, 15) is 8.42 Å². The molecule has 0 unspecified atom stereocenters. The van der Waals surface area contributed by atoms with Crippen LogP contribution in [-0.4, -0.2) is 30.1 Å². The molecule has 0 saturated heterocycles. The van der Waals surface area contributed by atoms with Crippen molar-refractivity contribution in [2.45, 2.75) is 31.8 Å². The van der Waals surface area contributed by atoms with Crippen LogP contribution in [0.1, 0.15) is 22.0 Å². The molecular formula is C20H18N4O4S2. The molecule has 0 bridgehead atoms. The average molecular weight is 443 g/mol. The molecule has 1 aromatic carbocycles. The summed E-state index contributed by atoms with van der Waals surface area (Å²) in [7, 11) is -3.91. The lowest BCUT2D eigenvalue weighted by Gasteiger charge is -2.12. The Morgan fingerprint density at radius 3 is 2.80 bits per heavy atom. The fraction of sp³-hybridized carbons (Fsp3) is 0.250. The highest BCUT2D eigenvalue weighted by atomic mass is 32.2. The van der Waals surface area contributed by atoms with Crippen LogP contribution in [0.15, 0.2) is 39.8 Å². The zero-order chi connectivity index (χ0) is 20.9. The van der Waals surface area contributed by atoms with Gasteiger partial charge in [-0.1, -0.05) is 23.4 Å². The Morgan fingerprint density at radius 1 is 1.13 bits per heavy atom. The third-order valence-electron chi connectivity index (χ3n) is 4.90. The maximum atomic E-state index is 13.4. The topological polar surface area (TPSA) is 107 Å². The number of hydrogen-bond acceptors (Lipinski definition) is 8. The fourth-order valence-electron chi connectivity index (χ4n) is 3.54. The number of pyridine rings is 1. The lowest BCUT2D eigenvalue weighted by molar-refractivity contribution is 0.113. The number of aryl methyl sites for hydroxylation is 2. The van der Waals surface area contributed by atoms with E-state index >= 15 is 0 Å². The van der Waals surface area contributed by atoms with Gasteiger partial charge in [-0.15, -0.1) is 11.3 Å². The number of thiophene rings is 1. The van der Waals surface area contributed by atoms with E-state index in [0.717, 1.165) is 21.5 Å². The molecule has 4 aromatic rings. The first kappa shape index (κ1) is 19.2. The molecule has 10 heteroatoms. The van der Waals surface area contributed by atoms with E-state index in [0.29, 0.717) is 47.4 Å². The summed E-state index contributed by atoms with van der Waals surface area (Å²) in [6.07, 6.45) is 0.652. The standard InChI is InChI=1S/C20H18N4O4S2/c1-11-6-7-13-4-3-5-16(18(13)21-11)30(25,26)24-20-17(19-22-12(2)23-28-19)14-8-9-27-10-15(14)29-20/h3-7,24H,8-10H2,1-2H3. The summed E-state index contributed by atoms with van der Waals surface area (Å²) in [5, 5.41) is 5.07. The van der Waals surface area contributed by atoms with Crippen LogP contribution in [0.2, 0.25) is 0 Å². The van der Waals surface area contributed by atoms with Crippen molar-refractivity contribution in [2.24, 2.45) is 0 Å².